The lowest BCUT2D eigenvalue weighted by molar-refractivity contribution is -0.113. The zero-order valence-electron chi connectivity index (χ0n) is 18.4. The summed E-state index contributed by atoms with van der Waals surface area (Å²) in [5.74, 6) is 0. The molecule has 0 unspecified atom stereocenters. The highest BCUT2D eigenvalue weighted by Gasteiger charge is 2.46. The van der Waals surface area contributed by atoms with E-state index in [2.05, 4.69) is 68.5 Å². The topological polar surface area (TPSA) is 35.5 Å². The van der Waals surface area contributed by atoms with Crippen LogP contribution < -0.4 is 0 Å². The first-order chi connectivity index (χ1) is 12.0. The van der Waals surface area contributed by atoms with Crippen LogP contribution in [0.3, 0.4) is 0 Å². The Morgan fingerprint density at radius 3 is 1.81 bits per heavy atom. The summed E-state index contributed by atoms with van der Waals surface area (Å²) < 4.78 is 13.0. The molecule has 26 heavy (non-hydrogen) atoms. The van der Waals surface area contributed by atoms with Gasteiger partial charge in [0.25, 0.3) is 0 Å². The van der Waals surface area contributed by atoms with Crippen LogP contribution >= 0.6 is 0 Å². The van der Waals surface area contributed by atoms with E-state index in [1.165, 1.54) is 0 Å². The molecule has 0 heterocycles. The number of rotatable bonds is 14. The number of aldehydes is 1. The van der Waals surface area contributed by atoms with Gasteiger partial charge in [0.1, 0.15) is 6.29 Å². The molecule has 0 radical (unpaired) electrons. The Labute approximate surface area is 163 Å². The molecule has 0 spiro atoms. The van der Waals surface area contributed by atoms with Gasteiger partial charge in [0.05, 0.1) is 12.2 Å². The van der Waals surface area contributed by atoms with Crippen LogP contribution in [0.2, 0.25) is 16.6 Å². The number of ether oxygens (including phenoxy) is 1. The normalized spacial score (nSPS) is 15.3. The molecule has 0 amide bonds. The third-order valence-corrected chi connectivity index (χ3v) is 11.6. The summed E-state index contributed by atoms with van der Waals surface area (Å²) in [5.41, 5.74) is 1.42. The molecule has 0 aromatic carbocycles. The lowest BCUT2D eigenvalue weighted by Gasteiger charge is -2.45. The van der Waals surface area contributed by atoms with E-state index < -0.39 is 8.32 Å². The maximum Gasteiger partial charge on any atom is 0.200 e. The van der Waals surface area contributed by atoms with Crippen molar-refractivity contribution in [3.8, 4) is 0 Å². The molecular formula is C22H42O3Si. The van der Waals surface area contributed by atoms with Gasteiger partial charge in [0, 0.05) is 18.4 Å². The number of hydrogen-bond donors (Lipinski definition) is 0. The molecule has 4 heteroatoms. The van der Waals surface area contributed by atoms with Crippen molar-refractivity contribution < 1.29 is 14.0 Å². The summed E-state index contributed by atoms with van der Waals surface area (Å²) in [7, 11) is -1.93. The highest BCUT2D eigenvalue weighted by atomic mass is 28.4. The van der Waals surface area contributed by atoms with E-state index in [4.69, 9.17) is 9.16 Å². The summed E-state index contributed by atoms with van der Waals surface area (Å²) in [5, 5.41) is 0. The third kappa shape index (κ3) is 6.47. The Kier molecular flexibility index (Phi) is 10.9. The summed E-state index contributed by atoms with van der Waals surface area (Å²) in [6, 6.07) is 0. The van der Waals surface area contributed by atoms with Crippen LogP contribution in [0.15, 0.2) is 25.3 Å². The van der Waals surface area contributed by atoms with Crippen molar-refractivity contribution in [2.75, 3.05) is 6.61 Å². The van der Waals surface area contributed by atoms with Crippen LogP contribution in [0.1, 0.15) is 68.2 Å². The lowest BCUT2D eigenvalue weighted by Crippen LogP contribution is -2.50. The van der Waals surface area contributed by atoms with Gasteiger partial charge in [-0.25, -0.2) is 0 Å². The fourth-order valence-electron chi connectivity index (χ4n) is 4.16. The predicted molar refractivity (Wildman–Crippen MR) is 115 cm³/mol. The van der Waals surface area contributed by atoms with Crippen molar-refractivity contribution in [2.24, 2.45) is 5.41 Å². The van der Waals surface area contributed by atoms with Crippen LogP contribution in [-0.4, -0.2) is 33.4 Å². The number of hydrogen-bond acceptors (Lipinski definition) is 3. The van der Waals surface area contributed by atoms with Gasteiger partial charge in [-0.05, 0) is 23.0 Å². The molecule has 3 nitrogen and oxygen atoms in total. The highest BCUT2D eigenvalue weighted by molar-refractivity contribution is 6.77. The third-order valence-electron chi connectivity index (χ3n) is 5.51. The van der Waals surface area contributed by atoms with Gasteiger partial charge in [0.15, 0.2) is 8.32 Å². The van der Waals surface area contributed by atoms with E-state index in [0.717, 1.165) is 6.29 Å². The molecule has 0 N–H and O–H groups in total. The molecule has 0 bridgehead atoms. The molecule has 0 aliphatic carbocycles. The molecule has 0 aromatic heterocycles. The molecule has 2 atom stereocenters. The van der Waals surface area contributed by atoms with E-state index >= 15 is 0 Å². The Morgan fingerprint density at radius 2 is 1.46 bits per heavy atom. The largest absolute Gasteiger partial charge is 0.415 e. The Balaban J connectivity index is 5.35. The second-order valence-corrected chi connectivity index (χ2v) is 14.4. The second-order valence-electron chi connectivity index (χ2n) is 8.94. The Hall–Kier alpha value is -0.713. The zero-order chi connectivity index (χ0) is 20.5. The molecule has 0 aliphatic rings. The van der Waals surface area contributed by atoms with Gasteiger partial charge in [0.2, 0.25) is 0 Å². The van der Waals surface area contributed by atoms with Crippen LogP contribution in [0.25, 0.3) is 0 Å². The first-order valence-corrected chi connectivity index (χ1v) is 12.1. The summed E-state index contributed by atoms with van der Waals surface area (Å²) in [6.07, 6.45) is 5.24. The maximum absolute atomic E-state index is 10.9. The van der Waals surface area contributed by atoms with Crippen molar-refractivity contribution in [2.45, 2.75) is 97.1 Å². The Bertz CT molecular complexity index is 409. The SMILES string of the molecule is C=CC[C@@H](CC=O)O[C@H](C=C)C(C)(C)CO[Si](C(C)C)(C(C)C)C(C)C. The van der Waals surface area contributed by atoms with Gasteiger partial charge >= 0.3 is 0 Å². The minimum absolute atomic E-state index is 0.158. The predicted octanol–water partition coefficient (Wildman–Crippen LogP) is 6.31. The second kappa shape index (κ2) is 11.2. The molecular weight excluding hydrogens is 340 g/mol. The maximum atomic E-state index is 10.9. The van der Waals surface area contributed by atoms with E-state index in [1.54, 1.807) is 6.08 Å². The fraction of sp³-hybridized carbons (Fsp3) is 0.773. The highest BCUT2D eigenvalue weighted by Crippen LogP contribution is 2.43. The first kappa shape index (κ1) is 25.3. The van der Waals surface area contributed by atoms with Crippen LogP contribution in [0.4, 0.5) is 0 Å². The smallest absolute Gasteiger partial charge is 0.200 e. The van der Waals surface area contributed by atoms with Gasteiger partial charge in [-0.15, -0.1) is 13.2 Å². The molecule has 0 saturated carbocycles. The monoisotopic (exact) mass is 382 g/mol. The van der Waals surface area contributed by atoms with E-state index in [0.29, 0.717) is 36.1 Å². The van der Waals surface area contributed by atoms with Gasteiger partial charge in [-0.1, -0.05) is 67.5 Å². The Morgan fingerprint density at radius 1 is 0.962 bits per heavy atom. The van der Waals surface area contributed by atoms with Gasteiger partial charge < -0.3 is 14.0 Å². The molecule has 0 aliphatic heterocycles. The number of carbonyl (C=O) groups is 1. The standard InChI is InChI=1S/C22H42O3Si/c1-11-13-20(14-15-23)25-21(12-2)22(9,10)16-24-26(17(3)4,18(5)6)19(7)8/h11-12,15,17-21H,1-2,13-14,16H2,3-10H3/t20-,21+/m0/s1. The zero-order valence-corrected chi connectivity index (χ0v) is 19.4. The van der Waals surface area contributed by atoms with Gasteiger partial charge in [-0.3, -0.25) is 0 Å². The van der Waals surface area contributed by atoms with Crippen molar-refractivity contribution in [1.29, 1.82) is 0 Å². The van der Waals surface area contributed by atoms with Crippen molar-refractivity contribution >= 4 is 14.6 Å². The van der Waals surface area contributed by atoms with Crippen LogP contribution in [0.5, 0.6) is 0 Å². The minimum atomic E-state index is -1.93. The molecule has 152 valence electrons. The van der Waals surface area contributed by atoms with Crippen molar-refractivity contribution in [3.63, 3.8) is 0 Å². The fourth-order valence-corrected chi connectivity index (χ4v) is 9.78. The molecule has 0 aromatic rings. The summed E-state index contributed by atoms with van der Waals surface area (Å²) >= 11 is 0. The van der Waals surface area contributed by atoms with Crippen molar-refractivity contribution in [1.82, 2.24) is 0 Å². The van der Waals surface area contributed by atoms with Crippen LogP contribution in [-0.2, 0) is 14.0 Å². The quantitative estimate of drug-likeness (QED) is 0.201. The lowest BCUT2D eigenvalue weighted by atomic mass is 9.87. The molecule has 0 rings (SSSR count). The van der Waals surface area contributed by atoms with E-state index in [-0.39, 0.29) is 17.6 Å². The van der Waals surface area contributed by atoms with Gasteiger partial charge in [-0.2, -0.15) is 0 Å². The molecule has 0 saturated heterocycles. The van der Waals surface area contributed by atoms with Crippen molar-refractivity contribution in [3.05, 3.63) is 25.3 Å². The summed E-state index contributed by atoms with van der Waals surface area (Å²) in [4.78, 5) is 10.9. The van der Waals surface area contributed by atoms with E-state index in [9.17, 15) is 4.79 Å². The minimum Gasteiger partial charge on any atom is -0.415 e. The average molecular weight is 383 g/mol. The van der Waals surface area contributed by atoms with E-state index in [1.807, 2.05) is 6.08 Å². The summed E-state index contributed by atoms with van der Waals surface area (Å²) in [6.45, 7) is 26.5. The average Bonchev–Trinajstić information content (AvgIpc) is 2.52. The van der Waals surface area contributed by atoms with Crippen LogP contribution in [0, 0.1) is 5.41 Å². The number of carbonyl (C=O) groups excluding carboxylic acids is 1. The first-order valence-electron chi connectivity index (χ1n) is 9.96. The molecule has 0 fully saturated rings.